The maximum absolute atomic E-state index is 13.1. The van der Waals surface area contributed by atoms with Crippen LogP contribution in [0.3, 0.4) is 0 Å². The van der Waals surface area contributed by atoms with E-state index in [1.807, 2.05) is 0 Å². The average Bonchev–Trinajstić information content (AvgIpc) is 2.84. The Hall–Kier alpha value is -3.70. The fourth-order valence-corrected chi connectivity index (χ4v) is 4.92. The molecule has 12 heteroatoms. The van der Waals surface area contributed by atoms with Crippen LogP contribution in [0.4, 0.5) is 17.1 Å². The molecule has 9 nitrogen and oxygen atoms in total. The van der Waals surface area contributed by atoms with Crippen LogP contribution in [0.15, 0.2) is 75.8 Å². The fraction of sp³-hybridized carbons (Fsp3) is 0.0800. The second-order valence-electron chi connectivity index (χ2n) is 7.91. The maximum atomic E-state index is 13.1. The molecule has 0 spiro atoms. The minimum Gasteiger partial charge on any atom is -0.505 e. The van der Waals surface area contributed by atoms with Gasteiger partial charge in [-0.25, -0.2) is 0 Å². The lowest BCUT2D eigenvalue weighted by Gasteiger charge is -2.12. The number of aromatic hydroxyl groups is 1. The van der Waals surface area contributed by atoms with Gasteiger partial charge in [-0.05, 0) is 48.2 Å². The number of nitrogens with zero attached hydrogens (tertiary/aromatic N) is 2. The van der Waals surface area contributed by atoms with E-state index < -0.39 is 26.7 Å². The molecule has 4 aromatic carbocycles. The first-order valence-electron chi connectivity index (χ1n) is 10.6. The van der Waals surface area contributed by atoms with Gasteiger partial charge in [0.15, 0.2) is 5.75 Å². The minimum absolute atomic E-state index is 0.0780. The first-order chi connectivity index (χ1) is 17.5. The summed E-state index contributed by atoms with van der Waals surface area (Å²) >= 11 is 12.2. The Bertz CT molecular complexity index is 1690. The Labute approximate surface area is 222 Å². The number of hydrogen-bond donors (Lipinski definition) is 3. The van der Waals surface area contributed by atoms with E-state index in [-0.39, 0.29) is 22.0 Å². The summed E-state index contributed by atoms with van der Waals surface area (Å²) in [5.41, 5.74) is 0.302. The molecule has 190 valence electrons. The molecule has 0 radical (unpaired) electrons. The van der Waals surface area contributed by atoms with E-state index in [9.17, 15) is 22.9 Å². The van der Waals surface area contributed by atoms with E-state index in [0.29, 0.717) is 32.8 Å². The highest BCUT2D eigenvalue weighted by atomic mass is 35.5. The summed E-state index contributed by atoms with van der Waals surface area (Å²) < 4.78 is 38.6. The number of nitrogens with one attached hydrogen (secondary N) is 1. The molecule has 0 bridgehead atoms. The number of phenols is 1. The van der Waals surface area contributed by atoms with Crippen molar-refractivity contribution >= 4 is 67.1 Å². The summed E-state index contributed by atoms with van der Waals surface area (Å²) in [5.74, 6) is -0.810. The quantitative estimate of drug-likeness (QED) is 0.170. The van der Waals surface area contributed by atoms with Gasteiger partial charge in [-0.2, -0.15) is 8.42 Å². The molecule has 0 aromatic heterocycles. The first-order valence-corrected chi connectivity index (χ1v) is 12.8. The van der Waals surface area contributed by atoms with E-state index in [0.717, 1.165) is 0 Å². The van der Waals surface area contributed by atoms with E-state index >= 15 is 0 Å². The van der Waals surface area contributed by atoms with Crippen LogP contribution in [0, 0.1) is 6.92 Å². The predicted octanol–water partition coefficient (Wildman–Crippen LogP) is 7.08. The van der Waals surface area contributed by atoms with Crippen molar-refractivity contribution in [2.24, 2.45) is 10.2 Å². The maximum Gasteiger partial charge on any atom is 0.296 e. The molecular weight excluding hydrogens is 541 g/mol. The van der Waals surface area contributed by atoms with Crippen LogP contribution in [-0.2, 0) is 10.1 Å². The number of halogens is 2. The monoisotopic (exact) mass is 559 g/mol. The molecule has 0 heterocycles. The van der Waals surface area contributed by atoms with E-state index in [1.54, 1.807) is 43.3 Å². The van der Waals surface area contributed by atoms with Gasteiger partial charge < -0.3 is 15.2 Å². The smallest absolute Gasteiger partial charge is 0.296 e. The fourth-order valence-electron chi connectivity index (χ4n) is 3.62. The Morgan fingerprint density at radius 2 is 1.68 bits per heavy atom. The molecule has 3 N–H and O–H groups in total. The van der Waals surface area contributed by atoms with Crippen LogP contribution < -0.4 is 10.1 Å². The number of hydrogen-bond acceptors (Lipinski definition) is 7. The van der Waals surface area contributed by atoms with Crippen LogP contribution in [0.25, 0.3) is 10.8 Å². The number of aryl methyl sites for hydroxylation is 1. The SMILES string of the molecule is COc1cc(NC(=O)c2cc3ccccc3c(N=Nc3c(Cl)cc(C)cc3S(=O)(=O)O)c2O)ccc1Cl. The van der Waals surface area contributed by atoms with Gasteiger partial charge in [0.2, 0.25) is 0 Å². The third kappa shape index (κ3) is 5.52. The van der Waals surface area contributed by atoms with Gasteiger partial charge in [0.05, 0.1) is 22.7 Å². The second kappa shape index (κ2) is 10.3. The first kappa shape index (κ1) is 26.4. The number of anilines is 1. The van der Waals surface area contributed by atoms with Crippen LogP contribution in [-0.4, -0.2) is 31.1 Å². The molecule has 0 saturated carbocycles. The third-order valence-electron chi connectivity index (χ3n) is 5.35. The molecule has 4 rings (SSSR count). The van der Waals surface area contributed by atoms with Gasteiger partial charge in [-0.15, -0.1) is 10.2 Å². The van der Waals surface area contributed by atoms with Crippen molar-refractivity contribution in [3.63, 3.8) is 0 Å². The zero-order chi connectivity index (χ0) is 26.9. The Kier molecular flexibility index (Phi) is 7.37. The van der Waals surface area contributed by atoms with Gasteiger partial charge in [-0.1, -0.05) is 47.5 Å². The van der Waals surface area contributed by atoms with Gasteiger partial charge in [-0.3, -0.25) is 9.35 Å². The summed E-state index contributed by atoms with van der Waals surface area (Å²) in [4.78, 5) is 12.6. The Balaban J connectivity index is 1.83. The lowest BCUT2D eigenvalue weighted by Crippen LogP contribution is -2.12. The molecule has 0 aliphatic heterocycles. The highest BCUT2D eigenvalue weighted by Crippen LogP contribution is 2.41. The van der Waals surface area contributed by atoms with Crippen molar-refractivity contribution in [1.29, 1.82) is 0 Å². The number of azo groups is 1. The minimum atomic E-state index is -4.69. The van der Waals surface area contributed by atoms with Gasteiger partial charge >= 0.3 is 0 Å². The van der Waals surface area contributed by atoms with Crippen molar-refractivity contribution in [2.45, 2.75) is 11.8 Å². The summed E-state index contributed by atoms with van der Waals surface area (Å²) in [6.45, 7) is 1.60. The molecule has 0 aliphatic carbocycles. The van der Waals surface area contributed by atoms with Crippen molar-refractivity contribution in [3.05, 3.63) is 81.8 Å². The van der Waals surface area contributed by atoms with Crippen LogP contribution in [0.2, 0.25) is 10.0 Å². The van der Waals surface area contributed by atoms with Crippen molar-refractivity contribution in [2.75, 3.05) is 12.4 Å². The van der Waals surface area contributed by atoms with E-state index in [4.69, 9.17) is 27.9 Å². The zero-order valence-corrected chi connectivity index (χ0v) is 21.7. The molecule has 37 heavy (non-hydrogen) atoms. The van der Waals surface area contributed by atoms with Gasteiger partial charge in [0, 0.05) is 17.1 Å². The highest BCUT2D eigenvalue weighted by Gasteiger charge is 2.22. The summed E-state index contributed by atoms with van der Waals surface area (Å²) in [5, 5.41) is 23.0. The number of fused-ring (bicyclic) bond motifs is 1. The van der Waals surface area contributed by atoms with Crippen LogP contribution >= 0.6 is 23.2 Å². The van der Waals surface area contributed by atoms with Crippen molar-refractivity contribution in [3.8, 4) is 11.5 Å². The standard InChI is InChI=1S/C25H19Cl2N3O6S/c1-13-9-19(27)23(21(10-13)37(33,34)35)30-29-22-16-6-4-3-5-14(16)11-17(24(22)31)25(32)28-15-7-8-18(26)20(12-15)36-2/h3-12,31H,1-2H3,(H,28,32)(H,33,34,35). The molecule has 0 atom stereocenters. The number of phenolic OH excluding ortho intramolecular Hbond substituents is 1. The third-order valence-corrected chi connectivity index (χ3v) is 6.82. The molecule has 0 unspecified atom stereocenters. The summed E-state index contributed by atoms with van der Waals surface area (Å²) in [6, 6.07) is 15.6. The van der Waals surface area contributed by atoms with Gasteiger partial charge in [0.1, 0.15) is 22.0 Å². The van der Waals surface area contributed by atoms with Gasteiger partial charge in [0.25, 0.3) is 16.0 Å². The molecular formula is C25H19Cl2N3O6S. The highest BCUT2D eigenvalue weighted by molar-refractivity contribution is 7.86. The molecule has 1 amide bonds. The zero-order valence-electron chi connectivity index (χ0n) is 19.4. The average molecular weight is 560 g/mol. The van der Waals surface area contributed by atoms with Crippen LogP contribution in [0.1, 0.15) is 15.9 Å². The van der Waals surface area contributed by atoms with E-state index in [1.165, 1.54) is 31.4 Å². The summed E-state index contributed by atoms with van der Waals surface area (Å²) in [7, 11) is -3.25. The second-order valence-corrected chi connectivity index (χ2v) is 10.1. The Morgan fingerprint density at radius 3 is 2.38 bits per heavy atom. The number of carbonyl (C=O) groups is 1. The summed E-state index contributed by atoms with van der Waals surface area (Å²) in [6.07, 6.45) is 0. The molecule has 4 aromatic rings. The number of benzene rings is 4. The normalized spacial score (nSPS) is 11.7. The number of carbonyl (C=O) groups excluding carboxylic acids is 1. The number of amides is 1. The Morgan fingerprint density at radius 1 is 0.973 bits per heavy atom. The van der Waals surface area contributed by atoms with Crippen LogP contribution in [0.5, 0.6) is 11.5 Å². The molecule has 0 aliphatic rings. The number of rotatable bonds is 6. The number of methoxy groups -OCH3 is 1. The lowest BCUT2D eigenvalue weighted by atomic mass is 10.0. The van der Waals surface area contributed by atoms with Crippen molar-refractivity contribution < 1.29 is 27.6 Å². The topological polar surface area (TPSA) is 138 Å². The lowest BCUT2D eigenvalue weighted by molar-refractivity contribution is 0.102. The molecule has 0 saturated heterocycles. The number of ether oxygens (including phenoxy) is 1. The largest absolute Gasteiger partial charge is 0.505 e. The van der Waals surface area contributed by atoms with E-state index in [2.05, 4.69) is 15.5 Å². The van der Waals surface area contributed by atoms with Crippen molar-refractivity contribution in [1.82, 2.24) is 0 Å². The molecule has 0 fully saturated rings. The predicted molar refractivity (Wildman–Crippen MR) is 142 cm³/mol.